The summed E-state index contributed by atoms with van der Waals surface area (Å²) in [6.07, 6.45) is 0. The van der Waals surface area contributed by atoms with Gasteiger partial charge in [0.25, 0.3) is 5.69 Å². The Labute approximate surface area is 147 Å². The van der Waals surface area contributed by atoms with Crippen LogP contribution in [0.15, 0.2) is 52.9 Å². The van der Waals surface area contributed by atoms with E-state index in [0.717, 1.165) is 11.5 Å². The molecule has 8 nitrogen and oxygen atoms in total. The second-order valence-corrected chi connectivity index (χ2v) is 5.38. The number of esters is 1. The van der Waals surface area contributed by atoms with Crippen LogP contribution in [-0.2, 0) is 4.74 Å². The highest BCUT2D eigenvalue weighted by Crippen LogP contribution is 2.23. The molecule has 0 unspecified atom stereocenters. The molecule has 0 aliphatic rings. The summed E-state index contributed by atoms with van der Waals surface area (Å²) in [5.41, 5.74) is 0.633. The van der Waals surface area contributed by atoms with Crippen molar-refractivity contribution >= 4 is 34.1 Å². The zero-order valence-electron chi connectivity index (χ0n) is 13.7. The predicted molar refractivity (Wildman–Crippen MR) is 93.5 cm³/mol. The second kappa shape index (κ2) is 7.06. The van der Waals surface area contributed by atoms with E-state index < -0.39 is 23.3 Å². The third-order valence-corrected chi connectivity index (χ3v) is 3.74. The topological polar surface area (TPSA) is 112 Å². The van der Waals surface area contributed by atoms with Gasteiger partial charge in [0.15, 0.2) is 12.4 Å². The molecular weight excluding hydrogens is 340 g/mol. The number of ether oxygens (including phenoxy) is 1. The Bertz CT molecular complexity index is 975. The fourth-order valence-corrected chi connectivity index (χ4v) is 2.43. The number of non-ortho nitro benzene ring substituents is 1. The molecule has 1 heterocycles. The van der Waals surface area contributed by atoms with Crippen molar-refractivity contribution in [2.75, 3.05) is 19.0 Å². The van der Waals surface area contributed by atoms with Crippen LogP contribution in [0.5, 0.6) is 0 Å². The van der Waals surface area contributed by atoms with Gasteiger partial charge in [-0.2, -0.15) is 0 Å². The minimum atomic E-state index is -0.845. The zero-order valence-corrected chi connectivity index (χ0v) is 13.7. The number of furan rings is 1. The van der Waals surface area contributed by atoms with Gasteiger partial charge in [0, 0.05) is 30.3 Å². The summed E-state index contributed by atoms with van der Waals surface area (Å²) in [4.78, 5) is 34.7. The van der Waals surface area contributed by atoms with Gasteiger partial charge in [-0.25, -0.2) is 4.79 Å². The molecule has 0 aliphatic carbocycles. The zero-order chi connectivity index (χ0) is 18.7. The molecular formula is C18H14N2O6. The summed E-state index contributed by atoms with van der Waals surface area (Å²) < 4.78 is 10.4. The van der Waals surface area contributed by atoms with Crippen molar-refractivity contribution in [3.8, 4) is 0 Å². The molecule has 0 spiro atoms. The van der Waals surface area contributed by atoms with Gasteiger partial charge in [-0.15, -0.1) is 0 Å². The highest BCUT2D eigenvalue weighted by atomic mass is 16.6. The quantitative estimate of drug-likeness (QED) is 0.312. The fourth-order valence-electron chi connectivity index (χ4n) is 2.43. The first kappa shape index (κ1) is 17.2. The lowest BCUT2D eigenvalue weighted by Gasteiger charge is -2.08. The number of nitrogens with one attached hydrogen (secondary N) is 1. The SMILES string of the molecule is CNc1ccc([N+](=O)[O-])cc1C(=O)OCC(=O)c1cc2ccccc2o1. The van der Waals surface area contributed by atoms with Gasteiger partial charge in [-0.3, -0.25) is 14.9 Å². The van der Waals surface area contributed by atoms with Gasteiger partial charge >= 0.3 is 5.97 Å². The van der Waals surface area contributed by atoms with Crippen LogP contribution in [0.2, 0.25) is 0 Å². The number of ketones is 1. The van der Waals surface area contributed by atoms with Crippen LogP contribution in [0.4, 0.5) is 11.4 Å². The van der Waals surface area contributed by atoms with E-state index in [4.69, 9.17) is 9.15 Å². The van der Waals surface area contributed by atoms with E-state index in [1.807, 2.05) is 6.07 Å². The van der Waals surface area contributed by atoms with Crippen molar-refractivity contribution in [1.29, 1.82) is 0 Å². The van der Waals surface area contributed by atoms with Gasteiger partial charge in [-0.05, 0) is 18.2 Å². The predicted octanol–water partition coefficient (Wildman–Crippen LogP) is 3.42. The van der Waals surface area contributed by atoms with Gasteiger partial charge in [-0.1, -0.05) is 18.2 Å². The van der Waals surface area contributed by atoms with Gasteiger partial charge in [0.2, 0.25) is 5.78 Å². The molecule has 0 bridgehead atoms. The molecule has 26 heavy (non-hydrogen) atoms. The fraction of sp³-hybridized carbons (Fsp3) is 0.111. The molecule has 0 aliphatic heterocycles. The average molecular weight is 354 g/mol. The van der Waals surface area contributed by atoms with Crippen molar-refractivity contribution in [3.63, 3.8) is 0 Å². The number of nitrogens with zero attached hydrogens (tertiary/aromatic N) is 1. The molecule has 1 aromatic heterocycles. The number of nitro groups is 1. The lowest BCUT2D eigenvalue weighted by Crippen LogP contribution is -2.15. The number of nitro benzene ring substituents is 1. The third kappa shape index (κ3) is 3.39. The van der Waals surface area contributed by atoms with Crippen LogP contribution in [0, 0.1) is 10.1 Å². The first-order chi connectivity index (χ1) is 12.5. The number of hydrogen-bond donors (Lipinski definition) is 1. The summed E-state index contributed by atoms with van der Waals surface area (Å²) in [6.45, 7) is -0.537. The summed E-state index contributed by atoms with van der Waals surface area (Å²) in [5, 5.41) is 14.4. The van der Waals surface area contributed by atoms with Crippen molar-refractivity contribution in [1.82, 2.24) is 0 Å². The van der Waals surface area contributed by atoms with Crippen LogP contribution in [-0.4, -0.2) is 30.3 Å². The monoisotopic (exact) mass is 354 g/mol. The number of carbonyl (C=O) groups is 2. The third-order valence-electron chi connectivity index (χ3n) is 3.74. The maximum atomic E-state index is 12.2. The number of fused-ring (bicyclic) bond motifs is 1. The van der Waals surface area contributed by atoms with Gasteiger partial charge in [0.05, 0.1) is 10.5 Å². The minimum absolute atomic E-state index is 0.0286. The van der Waals surface area contributed by atoms with E-state index in [9.17, 15) is 19.7 Å². The van der Waals surface area contributed by atoms with Crippen molar-refractivity contribution in [2.45, 2.75) is 0 Å². The molecule has 132 valence electrons. The molecule has 0 radical (unpaired) electrons. The van der Waals surface area contributed by atoms with Crippen LogP contribution in [0.25, 0.3) is 11.0 Å². The summed E-state index contributed by atoms with van der Waals surface area (Å²) in [6, 6.07) is 12.4. The van der Waals surface area contributed by atoms with E-state index in [1.165, 1.54) is 12.1 Å². The number of benzene rings is 2. The number of para-hydroxylation sites is 1. The summed E-state index contributed by atoms with van der Waals surface area (Å²) in [5.74, 6) is -1.28. The van der Waals surface area contributed by atoms with E-state index in [1.54, 1.807) is 31.3 Å². The molecule has 2 aromatic carbocycles. The molecule has 8 heteroatoms. The molecule has 0 saturated carbocycles. The molecule has 3 aromatic rings. The van der Waals surface area contributed by atoms with Gasteiger partial charge < -0.3 is 14.5 Å². The minimum Gasteiger partial charge on any atom is -0.453 e. The Balaban J connectivity index is 1.74. The average Bonchev–Trinajstić information content (AvgIpc) is 3.09. The molecule has 0 amide bonds. The maximum absolute atomic E-state index is 12.2. The first-order valence-corrected chi connectivity index (χ1v) is 7.64. The lowest BCUT2D eigenvalue weighted by molar-refractivity contribution is -0.384. The Kier molecular flexibility index (Phi) is 4.66. The molecule has 3 rings (SSSR count). The first-order valence-electron chi connectivity index (χ1n) is 7.64. The number of carbonyl (C=O) groups excluding carboxylic acids is 2. The number of hydrogen-bond acceptors (Lipinski definition) is 7. The lowest BCUT2D eigenvalue weighted by atomic mass is 10.1. The summed E-state index contributed by atoms with van der Waals surface area (Å²) in [7, 11) is 1.57. The molecule has 0 atom stereocenters. The second-order valence-electron chi connectivity index (χ2n) is 5.38. The number of Topliss-reactive ketones (excluding diaryl/α,β-unsaturated/α-hetero) is 1. The van der Waals surface area contributed by atoms with Crippen LogP contribution in [0.1, 0.15) is 20.9 Å². The Morgan fingerprint density at radius 3 is 2.65 bits per heavy atom. The van der Waals surface area contributed by atoms with Crippen LogP contribution in [0.3, 0.4) is 0 Å². The smallest absolute Gasteiger partial charge is 0.340 e. The van der Waals surface area contributed by atoms with Crippen molar-refractivity contribution in [2.24, 2.45) is 0 Å². The highest BCUT2D eigenvalue weighted by molar-refractivity contribution is 6.01. The molecule has 1 N–H and O–H groups in total. The van der Waals surface area contributed by atoms with E-state index >= 15 is 0 Å². The molecule has 0 saturated heterocycles. The normalized spacial score (nSPS) is 10.5. The Morgan fingerprint density at radius 2 is 1.96 bits per heavy atom. The van der Waals surface area contributed by atoms with E-state index in [-0.39, 0.29) is 17.0 Å². The maximum Gasteiger partial charge on any atom is 0.340 e. The van der Waals surface area contributed by atoms with E-state index in [0.29, 0.717) is 11.3 Å². The highest BCUT2D eigenvalue weighted by Gasteiger charge is 2.20. The number of anilines is 1. The molecule has 0 fully saturated rings. The largest absolute Gasteiger partial charge is 0.453 e. The summed E-state index contributed by atoms with van der Waals surface area (Å²) >= 11 is 0. The van der Waals surface area contributed by atoms with Gasteiger partial charge in [0.1, 0.15) is 5.58 Å². The van der Waals surface area contributed by atoms with Crippen LogP contribution < -0.4 is 5.32 Å². The van der Waals surface area contributed by atoms with Crippen molar-refractivity contribution < 1.29 is 23.7 Å². The standard InChI is InChI=1S/C18H14N2O6/c1-19-14-7-6-12(20(23)24)9-13(14)18(22)25-10-15(21)17-8-11-4-2-3-5-16(11)26-17/h2-9,19H,10H2,1H3. The Hall–Kier alpha value is -3.68. The van der Waals surface area contributed by atoms with Crippen molar-refractivity contribution in [3.05, 3.63) is 70.0 Å². The van der Waals surface area contributed by atoms with Crippen LogP contribution >= 0.6 is 0 Å². The number of rotatable bonds is 6. The Morgan fingerprint density at radius 1 is 1.19 bits per heavy atom. The van der Waals surface area contributed by atoms with E-state index in [2.05, 4.69) is 5.32 Å².